The molecule has 4 aromatic rings. The van der Waals surface area contributed by atoms with E-state index in [4.69, 9.17) is 16.3 Å². The number of thiazole rings is 1. The molecule has 3 aromatic carbocycles. The maximum Gasteiger partial charge on any atom is 0.312 e. The summed E-state index contributed by atoms with van der Waals surface area (Å²) in [4.78, 5) is 26.0. The highest BCUT2D eigenvalue weighted by Crippen LogP contribution is 2.65. The van der Waals surface area contributed by atoms with Gasteiger partial charge in [0.05, 0.1) is 15.6 Å². The second-order valence-electron chi connectivity index (χ2n) is 10.5. The average molecular weight is 577 g/mol. The molecule has 6 nitrogen and oxygen atoms in total. The fourth-order valence-electron chi connectivity index (χ4n) is 6.85. The Kier molecular flexibility index (Phi) is 6.29. The molecule has 0 N–H and O–H groups in total. The molecule has 9 heteroatoms. The number of hydrogen-bond acceptors (Lipinski definition) is 6. The van der Waals surface area contributed by atoms with Crippen molar-refractivity contribution in [2.45, 2.75) is 42.1 Å². The number of rotatable bonds is 6. The van der Waals surface area contributed by atoms with Crippen molar-refractivity contribution in [3.05, 3.63) is 114 Å². The van der Waals surface area contributed by atoms with E-state index in [1.165, 1.54) is 30.2 Å². The van der Waals surface area contributed by atoms with Crippen molar-refractivity contribution < 1.29 is 9.66 Å². The molecule has 2 aliphatic carbocycles. The summed E-state index contributed by atoms with van der Waals surface area (Å²) < 4.78 is 8.20. The van der Waals surface area contributed by atoms with Crippen LogP contribution in [0, 0.1) is 27.9 Å². The molecule has 1 aliphatic heterocycles. The summed E-state index contributed by atoms with van der Waals surface area (Å²) in [7, 11) is 0. The van der Waals surface area contributed by atoms with Gasteiger partial charge in [-0.1, -0.05) is 59.3 Å². The van der Waals surface area contributed by atoms with Crippen LogP contribution in [0.25, 0.3) is 5.69 Å². The zero-order chi connectivity index (χ0) is 26.7. The minimum Gasteiger partial charge on any atom is -0.489 e. The van der Waals surface area contributed by atoms with Crippen LogP contribution >= 0.6 is 34.7 Å². The Balaban J connectivity index is 1.39. The molecule has 0 radical (unpaired) electrons. The first-order valence-electron chi connectivity index (χ1n) is 13.1. The lowest BCUT2D eigenvalue weighted by atomic mass is 9.74. The Morgan fingerprint density at radius 2 is 1.79 bits per heavy atom. The van der Waals surface area contributed by atoms with Crippen LogP contribution in [0.5, 0.6) is 5.75 Å². The highest BCUT2D eigenvalue weighted by atomic mass is 35.5. The van der Waals surface area contributed by atoms with E-state index in [1.807, 2.05) is 70.9 Å². The van der Waals surface area contributed by atoms with Gasteiger partial charge in [0, 0.05) is 44.3 Å². The zero-order valence-corrected chi connectivity index (χ0v) is 23.3. The van der Waals surface area contributed by atoms with E-state index in [9.17, 15) is 14.9 Å². The number of para-hydroxylation sites is 1. The predicted octanol–water partition coefficient (Wildman–Crippen LogP) is 7.69. The number of halogens is 1. The normalized spacial score (nSPS) is 24.8. The number of nitro benzene ring substituents is 1. The van der Waals surface area contributed by atoms with Gasteiger partial charge in [-0.3, -0.25) is 19.5 Å². The second-order valence-corrected chi connectivity index (χ2v) is 13.1. The number of benzene rings is 3. The van der Waals surface area contributed by atoms with Crippen molar-refractivity contribution in [2.75, 3.05) is 0 Å². The van der Waals surface area contributed by atoms with E-state index in [0.29, 0.717) is 33.8 Å². The van der Waals surface area contributed by atoms with Crippen LogP contribution in [-0.2, 0) is 6.61 Å². The second kappa shape index (κ2) is 9.84. The minimum atomic E-state index is -0.351. The molecule has 2 fully saturated rings. The van der Waals surface area contributed by atoms with Gasteiger partial charge in [0.25, 0.3) is 5.69 Å². The van der Waals surface area contributed by atoms with Crippen LogP contribution in [0.2, 0.25) is 5.02 Å². The number of nitro groups is 1. The first-order valence-corrected chi connectivity index (χ1v) is 15.2. The number of aromatic nitrogens is 1. The van der Waals surface area contributed by atoms with Gasteiger partial charge >= 0.3 is 4.87 Å². The van der Waals surface area contributed by atoms with Gasteiger partial charge in [-0.15, -0.1) is 11.8 Å². The predicted molar refractivity (Wildman–Crippen MR) is 155 cm³/mol. The van der Waals surface area contributed by atoms with Gasteiger partial charge in [0.15, 0.2) is 0 Å². The van der Waals surface area contributed by atoms with E-state index < -0.39 is 0 Å². The van der Waals surface area contributed by atoms with Crippen molar-refractivity contribution in [2.24, 2.45) is 17.8 Å². The summed E-state index contributed by atoms with van der Waals surface area (Å²) in [6.45, 7) is 0.250. The molecule has 2 bridgehead atoms. The number of nitrogens with zero attached hydrogens (tertiary/aromatic N) is 2. The summed E-state index contributed by atoms with van der Waals surface area (Å²) in [5, 5.41) is 13.9. The lowest BCUT2D eigenvalue weighted by Crippen LogP contribution is -2.34. The lowest BCUT2D eigenvalue weighted by molar-refractivity contribution is -0.385. The molecular formula is C30H25ClN2O4S2. The van der Waals surface area contributed by atoms with Gasteiger partial charge in [-0.2, -0.15) is 0 Å². The molecule has 0 amide bonds. The van der Waals surface area contributed by atoms with Crippen LogP contribution in [0.4, 0.5) is 5.69 Å². The largest absolute Gasteiger partial charge is 0.489 e. The molecule has 2 heterocycles. The molecule has 0 unspecified atom stereocenters. The summed E-state index contributed by atoms with van der Waals surface area (Å²) in [6.07, 6.45) is 3.54. The quantitative estimate of drug-likeness (QED) is 0.174. The number of non-ortho nitro benzene ring substituents is 1. The van der Waals surface area contributed by atoms with Gasteiger partial charge in [0.2, 0.25) is 0 Å². The molecule has 39 heavy (non-hydrogen) atoms. The van der Waals surface area contributed by atoms with Gasteiger partial charge in [0.1, 0.15) is 12.4 Å². The van der Waals surface area contributed by atoms with E-state index >= 15 is 0 Å². The highest BCUT2D eigenvalue weighted by molar-refractivity contribution is 8.00. The third-order valence-corrected chi connectivity index (χ3v) is 11.6. The minimum absolute atomic E-state index is 0.0278. The molecule has 5 atom stereocenters. The van der Waals surface area contributed by atoms with Crippen LogP contribution in [0.15, 0.2) is 82.6 Å². The summed E-state index contributed by atoms with van der Waals surface area (Å²) >= 11 is 9.51. The Hall–Kier alpha value is -3.07. The van der Waals surface area contributed by atoms with Gasteiger partial charge < -0.3 is 4.74 Å². The molecule has 198 valence electrons. The van der Waals surface area contributed by atoms with Crippen molar-refractivity contribution in [1.29, 1.82) is 0 Å². The molecule has 1 aromatic heterocycles. The van der Waals surface area contributed by atoms with Crippen molar-refractivity contribution >= 4 is 40.4 Å². The molecule has 2 saturated carbocycles. The Morgan fingerprint density at radius 1 is 1.03 bits per heavy atom. The maximum absolute atomic E-state index is 13.5. The van der Waals surface area contributed by atoms with Crippen LogP contribution in [0.1, 0.15) is 41.2 Å². The Labute approximate surface area is 238 Å². The van der Waals surface area contributed by atoms with E-state index in [1.54, 1.807) is 12.1 Å². The molecule has 3 aliphatic rings. The van der Waals surface area contributed by atoms with Crippen LogP contribution < -0.4 is 9.61 Å². The van der Waals surface area contributed by atoms with E-state index in [2.05, 4.69) is 0 Å². The Bertz CT molecular complexity index is 1640. The Morgan fingerprint density at radius 3 is 2.59 bits per heavy atom. The smallest absolute Gasteiger partial charge is 0.312 e. The first-order chi connectivity index (χ1) is 19.0. The van der Waals surface area contributed by atoms with Gasteiger partial charge in [-0.25, -0.2) is 0 Å². The number of fused-ring (bicyclic) bond motifs is 6. The summed E-state index contributed by atoms with van der Waals surface area (Å²) in [5.74, 6) is 1.88. The summed E-state index contributed by atoms with van der Waals surface area (Å²) in [6, 6.07) is 22.2. The standard InChI is InChI=1S/C30H25ClN2O4S2/c31-23-9-5-4-6-19(23)16-37-24-13-12-21(33(35)36)15-22(24)26-25-17-10-11-18(14-17)27(25)38-29-28(26)39-30(34)32(29)20-7-2-1-3-8-20/h1-9,12-13,15,17-18,25-27H,10-11,14,16H2/t17-,18+,25+,26-,27+/m1/s1. The molecule has 0 saturated heterocycles. The van der Waals surface area contributed by atoms with E-state index in [0.717, 1.165) is 33.1 Å². The van der Waals surface area contributed by atoms with Crippen molar-refractivity contribution in [1.82, 2.24) is 4.57 Å². The topological polar surface area (TPSA) is 74.4 Å². The van der Waals surface area contributed by atoms with Crippen molar-refractivity contribution in [3.8, 4) is 11.4 Å². The lowest BCUT2D eigenvalue weighted by Gasteiger charge is -2.40. The fourth-order valence-corrected chi connectivity index (χ4v) is 10.2. The highest BCUT2D eigenvalue weighted by Gasteiger charge is 2.56. The SMILES string of the molecule is O=c1sc2c(n1-c1ccccc1)S[C@H]1[C@H]3CC[C@H](C3)[C@H]1[C@H]2c1cc([N+](=O)[O-])ccc1OCc1ccccc1Cl. The third kappa shape index (κ3) is 4.20. The summed E-state index contributed by atoms with van der Waals surface area (Å²) in [5.41, 5.74) is 2.52. The number of thioether (sulfide) groups is 1. The fraction of sp³-hybridized carbons (Fsp3) is 0.300. The monoisotopic (exact) mass is 576 g/mol. The maximum atomic E-state index is 13.5. The molecular weight excluding hydrogens is 552 g/mol. The van der Waals surface area contributed by atoms with Crippen LogP contribution in [0.3, 0.4) is 0 Å². The zero-order valence-electron chi connectivity index (χ0n) is 20.9. The number of hydrogen-bond donors (Lipinski definition) is 0. The van der Waals surface area contributed by atoms with Crippen LogP contribution in [-0.4, -0.2) is 14.7 Å². The van der Waals surface area contributed by atoms with Gasteiger partial charge in [-0.05, 0) is 61.3 Å². The van der Waals surface area contributed by atoms with Crippen molar-refractivity contribution in [3.63, 3.8) is 0 Å². The third-order valence-electron chi connectivity index (χ3n) is 8.51. The number of ether oxygens (including phenoxy) is 1. The molecule has 0 spiro atoms. The molecule has 7 rings (SSSR count). The first kappa shape index (κ1) is 24.9. The van der Waals surface area contributed by atoms with E-state index in [-0.39, 0.29) is 28.0 Å². The average Bonchev–Trinajstić information content (AvgIpc) is 3.65.